The van der Waals surface area contributed by atoms with Crippen molar-refractivity contribution >= 4 is 32.9 Å². The van der Waals surface area contributed by atoms with Crippen LogP contribution in [0.1, 0.15) is 5.56 Å². The lowest BCUT2D eigenvalue weighted by Gasteiger charge is -1.96. The molecule has 2 rings (SSSR count). The summed E-state index contributed by atoms with van der Waals surface area (Å²) in [5, 5.41) is 0. The van der Waals surface area contributed by atoms with E-state index < -0.39 is 0 Å². The van der Waals surface area contributed by atoms with Crippen molar-refractivity contribution in [3.05, 3.63) is 39.7 Å². The molecule has 0 amide bonds. The molecule has 0 aliphatic heterocycles. The maximum Gasteiger partial charge on any atom is 0.105 e. The van der Waals surface area contributed by atoms with Gasteiger partial charge in [-0.1, -0.05) is 63.2 Å². The van der Waals surface area contributed by atoms with Gasteiger partial charge in [-0.2, -0.15) is 0 Å². The van der Waals surface area contributed by atoms with Crippen molar-refractivity contribution in [3.8, 4) is 10.4 Å². The highest BCUT2D eigenvalue weighted by Crippen LogP contribution is 2.33. The van der Waals surface area contributed by atoms with Crippen LogP contribution in [-0.2, 0) is 0 Å². The van der Waals surface area contributed by atoms with Crippen LogP contribution in [0.4, 0.5) is 0 Å². The highest BCUT2D eigenvalue weighted by molar-refractivity contribution is 7.80. The summed E-state index contributed by atoms with van der Waals surface area (Å²) in [4.78, 5) is 1.32. The molecule has 0 aliphatic carbocycles. The molecule has 0 atom stereocenters. The van der Waals surface area contributed by atoms with Crippen molar-refractivity contribution in [2.75, 3.05) is 0 Å². The van der Waals surface area contributed by atoms with E-state index in [0.717, 1.165) is 3.82 Å². The zero-order valence-electron chi connectivity index (χ0n) is 7.11. The minimum Gasteiger partial charge on any atom is -0.0783 e. The fraction of sp³-hybridized carbons (Fsp3) is 0.100. The quantitative estimate of drug-likeness (QED) is 0.507. The second-order valence-electron chi connectivity index (χ2n) is 2.77. The minimum absolute atomic E-state index is 1.02. The van der Waals surface area contributed by atoms with E-state index in [1.807, 2.05) is 6.07 Å². The van der Waals surface area contributed by atoms with Crippen LogP contribution in [0.25, 0.3) is 10.4 Å². The Balaban J connectivity index is 2.60. The third-order valence-electron chi connectivity index (χ3n) is 1.88. The van der Waals surface area contributed by atoms with Gasteiger partial charge in [0.05, 0.1) is 4.88 Å². The van der Waals surface area contributed by atoms with Gasteiger partial charge in [-0.3, -0.25) is 0 Å². The molecule has 13 heavy (non-hydrogen) atoms. The summed E-state index contributed by atoms with van der Waals surface area (Å²) in [5.41, 5.74) is 2.52. The summed E-state index contributed by atoms with van der Waals surface area (Å²) in [6.45, 7) is 2.09. The van der Waals surface area contributed by atoms with E-state index >= 15 is 0 Å². The SMILES string of the molecule is Cc1c(-c2ccccc2)ssc1=S. The van der Waals surface area contributed by atoms with Crippen LogP contribution in [0.3, 0.4) is 0 Å². The topological polar surface area (TPSA) is 0 Å². The molecule has 0 bridgehead atoms. The first-order valence-electron chi connectivity index (χ1n) is 3.94. The summed E-state index contributed by atoms with van der Waals surface area (Å²) < 4.78 is 1.02. The van der Waals surface area contributed by atoms with Crippen molar-refractivity contribution in [3.63, 3.8) is 0 Å². The van der Waals surface area contributed by atoms with E-state index in [1.165, 1.54) is 16.0 Å². The van der Waals surface area contributed by atoms with Crippen LogP contribution in [0.15, 0.2) is 30.3 Å². The average molecular weight is 224 g/mol. The molecular weight excluding hydrogens is 216 g/mol. The van der Waals surface area contributed by atoms with Crippen molar-refractivity contribution in [2.24, 2.45) is 0 Å². The zero-order valence-corrected chi connectivity index (χ0v) is 9.56. The summed E-state index contributed by atoms with van der Waals surface area (Å²) in [6.07, 6.45) is 0. The molecule has 2 aromatic rings. The van der Waals surface area contributed by atoms with Gasteiger partial charge in [-0.25, -0.2) is 0 Å². The molecule has 0 fully saturated rings. The van der Waals surface area contributed by atoms with Gasteiger partial charge in [-0.15, -0.1) is 0 Å². The van der Waals surface area contributed by atoms with Gasteiger partial charge in [0.1, 0.15) is 3.82 Å². The maximum atomic E-state index is 5.20. The lowest BCUT2D eigenvalue weighted by Crippen LogP contribution is -1.74. The second kappa shape index (κ2) is 3.70. The van der Waals surface area contributed by atoms with Crippen LogP contribution in [0.5, 0.6) is 0 Å². The smallest absolute Gasteiger partial charge is 0.0783 e. The Bertz CT molecular complexity index is 451. The van der Waals surface area contributed by atoms with Gasteiger partial charge in [0.25, 0.3) is 0 Å². The van der Waals surface area contributed by atoms with Crippen molar-refractivity contribution in [2.45, 2.75) is 6.92 Å². The van der Waals surface area contributed by atoms with Crippen molar-refractivity contribution in [1.82, 2.24) is 0 Å². The molecule has 3 heteroatoms. The average Bonchev–Trinajstić information content (AvgIpc) is 2.49. The Hall–Kier alpha value is -0.510. The van der Waals surface area contributed by atoms with Crippen molar-refractivity contribution in [1.29, 1.82) is 0 Å². The monoisotopic (exact) mass is 224 g/mol. The first kappa shape index (κ1) is 9.06. The molecular formula is C10H8S3. The van der Waals surface area contributed by atoms with Gasteiger partial charge < -0.3 is 0 Å². The van der Waals surface area contributed by atoms with Crippen LogP contribution in [-0.4, -0.2) is 0 Å². The normalized spacial score (nSPS) is 10.2. The predicted octanol–water partition coefficient (Wildman–Crippen LogP) is 4.51. The third kappa shape index (κ3) is 1.73. The van der Waals surface area contributed by atoms with Crippen molar-refractivity contribution < 1.29 is 0 Å². The Morgan fingerprint density at radius 2 is 1.77 bits per heavy atom. The number of hydrogen-bond acceptors (Lipinski definition) is 3. The molecule has 0 unspecified atom stereocenters. The zero-order chi connectivity index (χ0) is 9.26. The molecule has 0 N–H and O–H groups in total. The molecule has 0 saturated carbocycles. The van der Waals surface area contributed by atoms with E-state index in [0.29, 0.717) is 0 Å². The Labute approximate surface area is 89.9 Å². The lowest BCUT2D eigenvalue weighted by atomic mass is 10.1. The summed E-state index contributed by atoms with van der Waals surface area (Å²) in [6, 6.07) is 10.4. The first-order chi connectivity index (χ1) is 6.29. The Morgan fingerprint density at radius 1 is 1.08 bits per heavy atom. The van der Waals surface area contributed by atoms with E-state index in [-0.39, 0.29) is 0 Å². The minimum atomic E-state index is 1.02. The number of benzene rings is 1. The fourth-order valence-corrected chi connectivity index (χ4v) is 4.05. The van der Waals surface area contributed by atoms with E-state index in [1.54, 1.807) is 20.7 Å². The predicted molar refractivity (Wildman–Crippen MR) is 63.2 cm³/mol. The van der Waals surface area contributed by atoms with Gasteiger partial charge in [0, 0.05) is 0 Å². The molecule has 66 valence electrons. The van der Waals surface area contributed by atoms with Gasteiger partial charge >= 0.3 is 0 Å². The van der Waals surface area contributed by atoms with Crippen LogP contribution < -0.4 is 0 Å². The molecule has 0 aliphatic rings. The molecule has 1 aromatic heterocycles. The number of rotatable bonds is 1. The molecule has 0 radical (unpaired) electrons. The standard InChI is InChI=1S/C10H8S3/c1-7-9(12-13-10(7)11)8-5-3-2-4-6-8/h2-6H,1H3. The van der Waals surface area contributed by atoms with Crippen LogP contribution in [0, 0.1) is 10.7 Å². The summed E-state index contributed by atoms with van der Waals surface area (Å²) in [7, 11) is 3.45. The van der Waals surface area contributed by atoms with Crippen LogP contribution in [0.2, 0.25) is 0 Å². The first-order valence-corrected chi connectivity index (χ1v) is 6.50. The van der Waals surface area contributed by atoms with E-state index in [4.69, 9.17) is 12.2 Å². The van der Waals surface area contributed by atoms with Gasteiger partial charge in [0.2, 0.25) is 0 Å². The van der Waals surface area contributed by atoms with E-state index in [9.17, 15) is 0 Å². The summed E-state index contributed by atoms with van der Waals surface area (Å²) >= 11 is 5.20. The Morgan fingerprint density at radius 3 is 2.31 bits per heavy atom. The maximum absolute atomic E-state index is 5.20. The van der Waals surface area contributed by atoms with Gasteiger partial charge in [0.15, 0.2) is 0 Å². The van der Waals surface area contributed by atoms with E-state index in [2.05, 4.69) is 31.2 Å². The fourth-order valence-electron chi connectivity index (χ4n) is 1.15. The van der Waals surface area contributed by atoms with Crippen LogP contribution >= 0.6 is 32.9 Å². The third-order valence-corrected chi connectivity index (χ3v) is 5.26. The second-order valence-corrected chi connectivity index (χ2v) is 5.59. The molecule has 0 spiro atoms. The molecule has 1 heterocycles. The molecule has 1 aromatic carbocycles. The number of hydrogen-bond donors (Lipinski definition) is 0. The molecule has 0 nitrogen and oxygen atoms in total. The van der Waals surface area contributed by atoms with Gasteiger partial charge in [-0.05, 0) is 18.1 Å². The molecule has 0 saturated heterocycles. The largest absolute Gasteiger partial charge is 0.105 e. The lowest BCUT2D eigenvalue weighted by molar-refractivity contribution is 1.54. The summed E-state index contributed by atoms with van der Waals surface area (Å²) in [5.74, 6) is 0. The highest BCUT2D eigenvalue weighted by Gasteiger charge is 2.04. The Kier molecular flexibility index (Phi) is 2.58. The highest BCUT2D eigenvalue weighted by atomic mass is 32.9.